The highest BCUT2D eigenvalue weighted by Gasteiger charge is 2.35. The average Bonchev–Trinajstić information content (AvgIpc) is 2.72. The van der Waals surface area contributed by atoms with E-state index < -0.39 is 17.8 Å². The molecule has 0 spiro atoms. The minimum atomic E-state index is -0.795. The Balaban J connectivity index is 1.86. The van der Waals surface area contributed by atoms with Crippen LogP contribution >= 0.6 is 0 Å². The molecule has 0 aromatic heterocycles. The molecule has 0 radical (unpaired) electrons. The van der Waals surface area contributed by atoms with E-state index in [1.54, 1.807) is 30.3 Å². The number of hydrogen-bond donors (Lipinski definition) is 1. The van der Waals surface area contributed by atoms with Crippen molar-refractivity contribution in [1.82, 2.24) is 10.2 Å². The van der Waals surface area contributed by atoms with Crippen LogP contribution in [0.25, 0.3) is 6.08 Å². The van der Waals surface area contributed by atoms with Gasteiger partial charge in [-0.2, -0.15) is 0 Å². The van der Waals surface area contributed by atoms with Gasteiger partial charge in [0.15, 0.2) is 0 Å². The van der Waals surface area contributed by atoms with Crippen LogP contribution in [0.3, 0.4) is 0 Å². The molecule has 3 rings (SSSR count). The SMILES string of the molecule is COc1ccc(OC)c(/C=C2\C(=O)NC(=O)N(CCc3ccc(F)cc3)C2=O)c1. The molecule has 4 amide bonds. The van der Waals surface area contributed by atoms with Crippen LogP contribution < -0.4 is 14.8 Å². The van der Waals surface area contributed by atoms with Gasteiger partial charge in [-0.05, 0) is 48.4 Å². The van der Waals surface area contributed by atoms with Gasteiger partial charge >= 0.3 is 6.03 Å². The lowest BCUT2D eigenvalue weighted by Crippen LogP contribution is -2.54. The van der Waals surface area contributed by atoms with Crippen LogP contribution in [-0.2, 0) is 16.0 Å². The Morgan fingerprint density at radius 2 is 1.76 bits per heavy atom. The smallest absolute Gasteiger partial charge is 0.331 e. The molecule has 1 aliphatic heterocycles. The summed E-state index contributed by atoms with van der Waals surface area (Å²) in [5.74, 6) is -0.920. The first kappa shape index (κ1) is 20.1. The first-order valence-electron chi connectivity index (χ1n) is 8.78. The van der Waals surface area contributed by atoms with Crippen LogP contribution in [0.15, 0.2) is 48.0 Å². The van der Waals surface area contributed by atoms with Crippen LogP contribution in [0.2, 0.25) is 0 Å². The summed E-state index contributed by atoms with van der Waals surface area (Å²) >= 11 is 0. The Labute approximate surface area is 166 Å². The lowest BCUT2D eigenvalue weighted by atomic mass is 10.1. The van der Waals surface area contributed by atoms with Gasteiger partial charge in [-0.1, -0.05) is 12.1 Å². The number of benzene rings is 2. The molecule has 8 heteroatoms. The van der Waals surface area contributed by atoms with E-state index in [9.17, 15) is 18.8 Å². The molecule has 1 aliphatic rings. The second-order valence-electron chi connectivity index (χ2n) is 6.26. The van der Waals surface area contributed by atoms with E-state index in [1.165, 1.54) is 32.4 Å². The topological polar surface area (TPSA) is 84.9 Å². The average molecular weight is 398 g/mol. The Morgan fingerprint density at radius 1 is 1.03 bits per heavy atom. The third-order valence-electron chi connectivity index (χ3n) is 4.46. The van der Waals surface area contributed by atoms with Gasteiger partial charge < -0.3 is 9.47 Å². The summed E-state index contributed by atoms with van der Waals surface area (Å²) in [5.41, 5.74) is 1.01. The second kappa shape index (κ2) is 8.55. The molecule has 1 fully saturated rings. The number of barbiturate groups is 1. The highest BCUT2D eigenvalue weighted by atomic mass is 19.1. The highest BCUT2D eigenvalue weighted by molar-refractivity contribution is 6.31. The predicted molar refractivity (Wildman–Crippen MR) is 103 cm³/mol. The number of nitrogens with one attached hydrogen (secondary N) is 1. The standard InChI is InChI=1S/C21H19FN2O5/c1-28-16-7-8-18(29-2)14(11-16)12-17-19(25)23-21(27)24(20(17)26)10-9-13-3-5-15(22)6-4-13/h3-8,11-12H,9-10H2,1-2H3,(H,23,25,27)/b17-12+. The maximum atomic E-state index is 13.0. The zero-order valence-electron chi connectivity index (χ0n) is 15.9. The maximum Gasteiger partial charge on any atom is 0.331 e. The van der Waals surface area contributed by atoms with Crippen molar-refractivity contribution in [3.63, 3.8) is 0 Å². The fourth-order valence-corrected chi connectivity index (χ4v) is 2.90. The van der Waals surface area contributed by atoms with Crippen molar-refractivity contribution >= 4 is 23.9 Å². The van der Waals surface area contributed by atoms with E-state index in [4.69, 9.17) is 9.47 Å². The number of carbonyl (C=O) groups is 3. The van der Waals surface area contributed by atoms with E-state index in [2.05, 4.69) is 5.32 Å². The van der Waals surface area contributed by atoms with Crippen molar-refractivity contribution in [2.75, 3.05) is 20.8 Å². The number of hydrogen-bond acceptors (Lipinski definition) is 5. The Hall–Kier alpha value is -3.68. The molecule has 0 unspecified atom stereocenters. The van der Waals surface area contributed by atoms with E-state index in [0.29, 0.717) is 23.5 Å². The molecule has 1 saturated heterocycles. The van der Waals surface area contributed by atoms with Gasteiger partial charge in [0.1, 0.15) is 22.9 Å². The fraction of sp³-hybridized carbons (Fsp3) is 0.190. The minimum absolute atomic E-state index is 0.0379. The van der Waals surface area contributed by atoms with Crippen LogP contribution in [0.4, 0.5) is 9.18 Å². The van der Waals surface area contributed by atoms with Gasteiger partial charge in [0.2, 0.25) is 0 Å². The van der Waals surface area contributed by atoms with Crippen LogP contribution in [0.5, 0.6) is 11.5 Å². The van der Waals surface area contributed by atoms with E-state index in [1.807, 2.05) is 0 Å². The number of nitrogens with zero attached hydrogens (tertiary/aromatic N) is 1. The van der Waals surface area contributed by atoms with Crippen LogP contribution in [0, 0.1) is 5.82 Å². The molecule has 2 aromatic rings. The van der Waals surface area contributed by atoms with Crippen molar-refractivity contribution in [1.29, 1.82) is 0 Å². The van der Waals surface area contributed by atoms with Crippen LogP contribution in [0.1, 0.15) is 11.1 Å². The zero-order valence-corrected chi connectivity index (χ0v) is 15.9. The normalized spacial score (nSPS) is 15.5. The number of amides is 4. The first-order valence-corrected chi connectivity index (χ1v) is 8.78. The van der Waals surface area contributed by atoms with E-state index in [-0.39, 0.29) is 17.9 Å². The Bertz CT molecular complexity index is 985. The summed E-state index contributed by atoms with van der Waals surface area (Å²) in [5, 5.41) is 2.17. The van der Waals surface area contributed by atoms with Crippen molar-refractivity contribution in [3.05, 3.63) is 65.0 Å². The van der Waals surface area contributed by atoms with Gasteiger partial charge in [0.05, 0.1) is 14.2 Å². The predicted octanol–water partition coefficient (Wildman–Crippen LogP) is 2.55. The molecule has 7 nitrogen and oxygen atoms in total. The summed E-state index contributed by atoms with van der Waals surface area (Å²) in [6, 6.07) is 9.91. The number of imide groups is 2. The van der Waals surface area contributed by atoms with Crippen molar-refractivity contribution in [3.8, 4) is 11.5 Å². The monoisotopic (exact) mass is 398 g/mol. The summed E-state index contributed by atoms with van der Waals surface area (Å²) in [6.45, 7) is 0.0379. The third kappa shape index (κ3) is 4.43. The van der Waals surface area contributed by atoms with Gasteiger partial charge in [-0.25, -0.2) is 9.18 Å². The molecular formula is C21H19FN2O5. The first-order chi connectivity index (χ1) is 13.9. The summed E-state index contributed by atoms with van der Waals surface area (Å²) in [6.07, 6.45) is 1.68. The van der Waals surface area contributed by atoms with Crippen molar-refractivity contribution in [2.24, 2.45) is 0 Å². The number of ether oxygens (including phenoxy) is 2. The van der Waals surface area contributed by atoms with Gasteiger partial charge in [-0.3, -0.25) is 19.8 Å². The molecule has 0 saturated carbocycles. The zero-order chi connectivity index (χ0) is 21.0. The number of urea groups is 1. The second-order valence-corrected chi connectivity index (χ2v) is 6.26. The quantitative estimate of drug-likeness (QED) is 0.597. The molecule has 29 heavy (non-hydrogen) atoms. The fourth-order valence-electron chi connectivity index (χ4n) is 2.90. The van der Waals surface area contributed by atoms with Crippen LogP contribution in [-0.4, -0.2) is 43.5 Å². The Morgan fingerprint density at radius 3 is 2.41 bits per heavy atom. The van der Waals surface area contributed by atoms with Crippen molar-refractivity contribution in [2.45, 2.75) is 6.42 Å². The molecule has 0 atom stereocenters. The van der Waals surface area contributed by atoms with E-state index >= 15 is 0 Å². The molecule has 0 aliphatic carbocycles. The van der Waals surface area contributed by atoms with E-state index in [0.717, 1.165) is 10.5 Å². The van der Waals surface area contributed by atoms with Gasteiger partial charge in [0, 0.05) is 12.1 Å². The summed E-state index contributed by atoms with van der Waals surface area (Å²) < 4.78 is 23.5. The molecule has 0 bridgehead atoms. The lowest BCUT2D eigenvalue weighted by molar-refractivity contribution is -0.130. The molecule has 1 N–H and O–H groups in total. The number of carbonyl (C=O) groups excluding carboxylic acids is 3. The Kier molecular flexibility index (Phi) is 5.92. The van der Waals surface area contributed by atoms with Crippen molar-refractivity contribution < 1.29 is 28.2 Å². The molecule has 150 valence electrons. The summed E-state index contributed by atoms with van der Waals surface area (Å²) in [4.78, 5) is 38.2. The van der Waals surface area contributed by atoms with Gasteiger partial charge in [0.25, 0.3) is 11.8 Å². The number of rotatable bonds is 6. The molecule has 1 heterocycles. The number of methoxy groups -OCH3 is 2. The summed E-state index contributed by atoms with van der Waals surface area (Å²) in [7, 11) is 2.96. The largest absolute Gasteiger partial charge is 0.497 e. The molecule has 2 aromatic carbocycles. The maximum absolute atomic E-state index is 13.0. The third-order valence-corrected chi connectivity index (χ3v) is 4.46. The van der Waals surface area contributed by atoms with Gasteiger partial charge in [-0.15, -0.1) is 0 Å². The molecular weight excluding hydrogens is 379 g/mol. The minimum Gasteiger partial charge on any atom is -0.497 e. The highest BCUT2D eigenvalue weighted by Crippen LogP contribution is 2.27. The lowest BCUT2D eigenvalue weighted by Gasteiger charge is -2.26. The number of halogens is 1.